The zero-order valence-corrected chi connectivity index (χ0v) is 14.6. The van der Waals surface area contributed by atoms with E-state index < -0.39 is 11.7 Å². The molecular weight excluding hydrogens is 378 g/mol. The van der Waals surface area contributed by atoms with Crippen LogP contribution in [-0.2, 0) is 6.18 Å². The molecule has 2 aromatic rings. The summed E-state index contributed by atoms with van der Waals surface area (Å²) in [6, 6.07) is 2.12. The van der Waals surface area contributed by atoms with Crippen LogP contribution in [0.25, 0.3) is 11.3 Å². The number of alkyl halides is 4. The van der Waals surface area contributed by atoms with Crippen molar-refractivity contribution in [2.75, 3.05) is 6.38 Å². The molecule has 10 heteroatoms. The first kappa shape index (κ1) is 19.4. The normalized spacial score (nSPS) is 14.3. The standard InChI is InChI=1S/C14H11ClF3N5.CH3Cl/c15-12-9(11-10(14(16,17)18)2-1-5-20-11)7-21-13(19)23(12)22-6-8-3-4-8;1-2/h1-2,5-8,19H,3-4H2;1H3/b19-13?,22-6+;. The van der Waals surface area contributed by atoms with Gasteiger partial charge in [0.1, 0.15) is 5.15 Å². The topological polar surface area (TPSA) is 66.9 Å². The summed E-state index contributed by atoms with van der Waals surface area (Å²) in [6.45, 7) is 0. The molecule has 0 radical (unpaired) electrons. The molecule has 1 saturated carbocycles. The molecule has 2 aromatic heterocycles. The highest BCUT2D eigenvalue weighted by molar-refractivity contribution is 6.32. The van der Waals surface area contributed by atoms with Gasteiger partial charge in [-0.05, 0) is 30.9 Å². The van der Waals surface area contributed by atoms with Crippen molar-refractivity contribution >= 4 is 29.4 Å². The summed E-state index contributed by atoms with van der Waals surface area (Å²) in [5.74, 6) is 0.321. The SMILES string of the molecule is CCl.N=c1ncc(-c2ncccc2C(F)(F)F)c(Cl)n1/N=C/C1CC1. The molecule has 0 spiro atoms. The van der Waals surface area contributed by atoms with Crippen LogP contribution in [0.3, 0.4) is 0 Å². The van der Waals surface area contributed by atoms with Crippen LogP contribution in [0.5, 0.6) is 0 Å². The summed E-state index contributed by atoms with van der Waals surface area (Å²) in [6.07, 6.45) is 2.87. The Morgan fingerprint density at radius 1 is 1.32 bits per heavy atom. The number of nitrogens with zero attached hydrogens (tertiary/aromatic N) is 4. The van der Waals surface area contributed by atoms with E-state index in [9.17, 15) is 13.2 Å². The predicted octanol–water partition coefficient (Wildman–Crippen LogP) is 4.20. The fraction of sp³-hybridized carbons (Fsp3) is 0.333. The Labute approximate surface area is 151 Å². The molecule has 1 fully saturated rings. The van der Waals surface area contributed by atoms with Crippen molar-refractivity contribution < 1.29 is 13.2 Å². The Morgan fingerprint density at radius 2 is 2.00 bits per heavy atom. The lowest BCUT2D eigenvalue weighted by molar-refractivity contribution is -0.137. The maximum Gasteiger partial charge on any atom is 0.418 e. The van der Waals surface area contributed by atoms with E-state index in [1.54, 1.807) is 6.21 Å². The van der Waals surface area contributed by atoms with Gasteiger partial charge in [0.2, 0.25) is 5.62 Å². The van der Waals surface area contributed by atoms with E-state index in [1.165, 1.54) is 18.6 Å². The summed E-state index contributed by atoms with van der Waals surface area (Å²) < 4.78 is 40.4. The average molecular weight is 392 g/mol. The van der Waals surface area contributed by atoms with Crippen molar-refractivity contribution in [2.45, 2.75) is 19.0 Å². The maximum absolute atomic E-state index is 13.1. The number of nitrogens with one attached hydrogen (secondary N) is 1. The Kier molecular flexibility index (Phi) is 6.18. The number of rotatable bonds is 3. The molecular formula is C15H14Cl2F3N5. The summed E-state index contributed by atoms with van der Waals surface area (Å²) in [7, 11) is 0. The fourth-order valence-corrected chi connectivity index (χ4v) is 2.22. The Balaban J connectivity index is 0.00000109. The third-order valence-corrected chi connectivity index (χ3v) is 3.67. The first-order valence-electron chi connectivity index (χ1n) is 7.15. The van der Waals surface area contributed by atoms with Gasteiger partial charge in [0.05, 0.1) is 16.8 Å². The molecule has 3 rings (SSSR count). The first-order chi connectivity index (χ1) is 11.9. The molecule has 0 atom stereocenters. The minimum absolute atomic E-state index is 0.0245. The Bertz CT molecular complexity index is 829. The minimum Gasteiger partial charge on any atom is -0.265 e. The molecule has 2 heterocycles. The molecule has 0 unspecified atom stereocenters. The Hall–Kier alpha value is -1.93. The largest absolute Gasteiger partial charge is 0.418 e. The zero-order valence-electron chi connectivity index (χ0n) is 13.1. The van der Waals surface area contributed by atoms with E-state index in [2.05, 4.69) is 26.7 Å². The molecule has 0 aliphatic heterocycles. The van der Waals surface area contributed by atoms with Crippen molar-refractivity contribution in [3.8, 4) is 11.3 Å². The van der Waals surface area contributed by atoms with Gasteiger partial charge in [-0.25, -0.2) is 4.98 Å². The number of pyridine rings is 1. The van der Waals surface area contributed by atoms with Gasteiger partial charge >= 0.3 is 6.18 Å². The summed E-state index contributed by atoms with van der Waals surface area (Å²) in [5.41, 5.74) is -1.55. The van der Waals surface area contributed by atoms with Crippen LogP contribution in [0.15, 0.2) is 29.6 Å². The molecule has 0 saturated heterocycles. The van der Waals surface area contributed by atoms with Crippen LogP contribution in [0.2, 0.25) is 5.15 Å². The van der Waals surface area contributed by atoms with Gasteiger partial charge < -0.3 is 0 Å². The molecule has 134 valence electrons. The quantitative estimate of drug-likeness (QED) is 0.484. The van der Waals surface area contributed by atoms with E-state index in [-0.39, 0.29) is 22.0 Å². The molecule has 1 aliphatic carbocycles. The highest BCUT2D eigenvalue weighted by atomic mass is 35.5. The number of aromatic nitrogens is 3. The van der Waals surface area contributed by atoms with E-state index in [0.717, 1.165) is 29.8 Å². The fourth-order valence-electron chi connectivity index (χ4n) is 1.96. The van der Waals surface area contributed by atoms with Crippen LogP contribution in [0, 0.1) is 11.3 Å². The van der Waals surface area contributed by atoms with Gasteiger partial charge in [-0.2, -0.15) is 22.9 Å². The van der Waals surface area contributed by atoms with E-state index >= 15 is 0 Å². The lowest BCUT2D eigenvalue weighted by Gasteiger charge is -2.13. The van der Waals surface area contributed by atoms with Gasteiger partial charge in [-0.3, -0.25) is 10.4 Å². The molecule has 1 aliphatic rings. The summed E-state index contributed by atoms with van der Waals surface area (Å²) in [4.78, 5) is 7.55. The molecule has 0 bridgehead atoms. The molecule has 25 heavy (non-hydrogen) atoms. The second kappa shape index (κ2) is 7.97. The van der Waals surface area contributed by atoms with Gasteiger partial charge in [0, 0.05) is 25.0 Å². The molecule has 1 N–H and O–H groups in total. The highest BCUT2D eigenvalue weighted by Gasteiger charge is 2.35. The van der Waals surface area contributed by atoms with E-state index in [4.69, 9.17) is 17.0 Å². The monoisotopic (exact) mass is 391 g/mol. The van der Waals surface area contributed by atoms with Crippen molar-refractivity contribution in [1.29, 1.82) is 5.41 Å². The maximum atomic E-state index is 13.1. The van der Waals surface area contributed by atoms with Gasteiger partial charge in [-0.1, -0.05) is 11.6 Å². The highest BCUT2D eigenvalue weighted by Crippen LogP contribution is 2.37. The van der Waals surface area contributed by atoms with E-state index in [1.807, 2.05) is 0 Å². The lowest BCUT2D eigenvalue weighted by Crippen LogP contribution is -2.21. The van der Waals surface area contributed by atoms with Crippen molar-refractivity contribution in [1.82, 2.24) is 14.6 Å². The van der Waals surface area contributed by atoms with Gasteiger partial charge in [-0.15, -0.1) is 11.6 Å². The summed E-state index contributed by atoms with van der Waals surface area (Å²) >= 11 is 10.8. The van der Waals surface area contributed by atoms with Gasteiger partial charge in [0.25, 0.3) is 0 Å². The van der Waals surface area contributed by atoms with E-state index in [0.29, 0.717) is 5.92 Å². The van der Waals surface area contributed by atoms with Crippen LogP contribution in [0.4, 0.5) is 13.2 Å². The van der Waals surface area contributed by atoms with Crippen LogP contribution in [0.1, 0.15) is 18.4 Å². The smallest absolute Gasteiger partial charge is 0.265 e. The predicted molar refractivity (Wildman–Crippen MR) is 89.7 cm³/mol. The van der Waals surface area contributed by atoms with Crippen molar-refractivity contribution in [3.63, 3.8) is 0 Å². The van der Waals surface area contributed by atoms with Crippen LogP contribution in [-0.4, -0.2) is 27.2 Å². The second-order valence-corrected chi connectivity index (χ2v) is 5.46. The number of hydrogen-bond donors (Lipinski definition) is 1. The van der Waals surface area contributed by atoms with Crippen LogP contribution >= 0.6 is 23.2 Å². The second-order valence-electron chi connectivity index (χ2n) is 5.10. The first-order valence-corrected chi connectivity index (χ1v) is 8.28. The molecule has 0 aromatic carbocycles. The number of halogens is 5. The van der Waals surface area contributed by atoms with Crippen LogP contribution < -0.4 is 5.62 Å². The zero-order chi connectivity index (χ0) is 18.6. The molecule has 5 nitrogen and oxygen atoms in total. The van der Waals surface area contributed by atoms with Crippen molar-refractivity contribution in [2.24, 2.45) is 11.0 Å². The van der Waals surface area contributed by atoms with Gasteiger partial charge in [0.15, 0.2) is 0 Å². The lowest BCUT2D eigenvalue weighted by atomic mass is 10.1. The van der Waals surface area contributed by atoms with Crippen molar-refractivity contribution in [3.05, 3.63) is 40.9 Å². The average Bonchev–Trinajstić information content (AvgIpc) is 3.40. The third kappa shape index (κ3) is 4.58. The third-order valence-electron chi connectivity index (χ3n) is 3.31. The minimum atomic E-state index is -4.57. The summed E-state index contributed by atoms with van der Waals surface area (Å²) in [5, 5.41) is 11.6. The molecule has 0 amide bonds. The Morgan fingerprint density at radius 3 is 2.60 bits per heavy atom. The number of hydrogen-bond acceptors (Lipinski definition) is 4.